The van der Waals surface area contributed by atoms with Crippen LogP contribution in [0, 0.1) is 6.92 Å². The van der Waals surface area contributed by atoms with E-state index in [1.54, 1.807) is 40.1 Å². The van der Waals surface area contributed by atoms with Crippen LogP contribution in [0.5, 0.6) is 11.5 Å². The van der Waals surface area contributed by atoms with Crippen molar-refractivity contribution in [2.75, 3.05) is 27.4 Å². The number of halogens is 3. The number of ether oxygens (including phenoxy) is 3. The fraction of sp³-hybridized carbons (Fsp3) is 0.500. The average molecular weight is 705 g/mol. The molecule has 10 nitrogen and oxygen atoms in total. The van der Waals surface area contributed by atoms with E-state index in [4.69, 9.17) is 9.47 Å². The van der Waals surface area contributed by atoms with Crippen molar-refractivity contribution in [3.63, 3.8) is 0 Å². The van der Waals surface area contributed by atoms with E-state index >= 15 is 0 Å². The average Bonchev–Trinajstić information content (AvgIpc) is 3.44. The molecular weight excluding hydrogens is 660 g/mol. The minimum absolute atomic E-state index is 0. The highest BCUT2D eigenvalue weighted by atomic mass is 32.2. The molecule has 0 aliphatic carbocycles. The molecule has 2 atom stereocenters. The summed E-state index contributed by atoms with van der Waals surface area (Å²) in [5, 5.41) is 0.762. The molecule has 0 radical (unpaired) electrons. The number of hydrogen-bond donors (Lipinski definition) is 0. The van der Waals surface area contributed by atoms with Crippen molar-refractivity contribution >= 4 is 42.3 Å². The van der Waals surface area contributed by atoms with Gasteiger partial charge in [0.25, 0.3) is 0 Å². The Morgan fingerprint density at radius 3 is 2.26 bits per heavy atom. The Morgan fingerprint density at radius 1 is 1.02 bits per heavy atom. The van der Waals surface area contributed by atoms with Gasteiger partial charge in [-0.3, -0.25) is 9.47 Å². The highest BCUT2D eigenvalue weighted by molar-refractivity contribution is 7.88. The van der Waals surface area contributed by atoms with Gasteiger partial charge in [-0.05, 0) is 82.5 Å². The van der Waals surface area contributed by atoms with Crippen LogP contribution in [0.2, 0.25) is 0 Å². The van der Waals surface area contributed by atoms with E-state index in [1.807, 2.05) is 25.7 Å². The summed E-state index contributed by atoms with van der Waals surface area (Å²) in [5.74, 6) is -1.24. The molecule has 2 aromatic carbocycles. The predicted octanol–water partition coefficient (Wildman–Crippen LogP) is 7.61. The molecule has 0 spiro atoms. The van der Waals surface area contributed by atoms with Crippen molar-refractivity contribution in [1.29, 1.82) is 0 Å². The Kier molecular flexibility index (Phi) is 13.3. The van der Waals surface area contributed by atoms with E-state index in [2.05, 4.69) is 23.1 Å². The zero-order valence-electron chi connectivity index (χ0n) is 26.9. The molecule has 0 saturated carbocycles. The van der Waals surface area contributed by atoms with Crippen LogP contribution in [0.3, 0.4) is 0 Å². The number of methoxy groups -OCH3 is 2. The van der Waals surface area contributed by atoms with Gasteiger partial charge in [-0.2, -0.15) is 21.6 Å². The lowest BCUT2D eigenvalue weighted by molar-refractivity contribution is -0.0500. The van der Waals surface area contributed by atoms with Crippen molar-refractivity contribution in [2.24, 2.45) is 0 Å². The van der Waals surface area contributed by atoms with Gasteiger partial charge in [0.1, 0.15) is 16.9 Å². The van der Waals surface area contributed by atoms with Crippen molar-refractivity contribution < 1.29 is 49.6 Å². The number of benzene rings is 2. The lowest BCUT2D eigenvalue weighted by atomic mass is 9.93. The molecule has 0 amide bonds. The van der Waals surface area contributed by atoms with Crippen LogP contribution in [0.25, 0.3) is 10.9 Å². The smallest absolute Gasteiger partial charge is 0.496 e. The van der Waals surface area contributed by atoms with Gasteiger partial charge in [0.2, 0.25) is 0 Å². The lowest BCUT2D eigenvalue weighted by Gasteiger charge is -2.36. The molecule has 4 rings (SSSR count). The van der Waals surface area contributed by atoms with Crippen LogP contribution in [0.4, 0.5) is 18.0 Å². The maximum Gasteiger partial charge on any atom is 0.534 e. The third-order valence-corrected chi connectivity index (χ3v) is 8.26. The fourth-order valence-electron chi connectivity index (χ4n) is 5.39. The van der Waals surface area contributed by atoms with E-state index < -0.39 is 44.6 Å². The van der Waals surface area contributed by atoms with Gasteiger partial charge >= 0.3 is 27.7 Å². The molecule has 1 aliphatic heterocycles. The summed E-state index contributed by atoms with van der Waals surface area (Å²) in [6, 6.07) is 7.14. The molecule has 1 aliphatic rings. The minimum Gasteiger partial charge on any atom is -0.496 e. The highest BCUT2D eigenvalue weighted by Crippen LogP contribution is 2.40. The number of carbonyl (C=O) groups excluding carboxylic acids is 2. The van der Waals surface area contributed by atoms with E-state index in [0.717, 1.165) is 42.5 Å². The predicted molar refractivity (Wildman–Crippen MR) is 178 cm³/mol. The van der Waals surface area contributed by atoms with Crippen LogP contribution in [-0.4, -0.2) is 68.5 Å². The number of esters is 1. The number of piperidine rings is 1. The molecule has 1 saturated heterocycles. The number of fused-ring (bicyclic) bond motifs is 1. The molecular formula is C32H44F3N2O8PS. The van der Waals surface area contributed by atoms with Gasteiger partial charge < -0.3 is 18.4 Å². The second-order valence-corrected chi connectivity index (χ2v) is 13.1. The largest absolute Gasteiger partial charge is 0.534 e. The molecule has 262 valence electrons. The Labute approximate surface area is 276 Å². The van der Waals surface area contributed by atoms with Crippen LogP contribution in [0.1, 0.15) is 80.6 Å². The minimum atomic E-state index is -6.06. The Balaban J connectivity index is 0.00000251. The number of nitrogens with zero attached hydrogens (tertiary/aromatic N) is 2. The van der Waals surface area contributed by atoms with Gasteiger partial charge in [0.15, 0.2) is 5.75 Å². The van der Waals surface area contributed by atoms with Crippen LogP contribution in [0.15, 0.2) is 36.5 Å². The number of aromatic nitrogens is 1. The number of rotatable bonds is 7. The van der Waals surface area contributed by atoms with E-state index in [9.17, 15) is 31.2 Å². The zero-order chi connectivity index (χ0) is 34.6. The summed E-state index contributed by atoms with van der Waals surface area (Å²) in [7, 11) is -1.08. The molecule has 2 heterocycles. The first-order valence-electron chi connectivity index (χ1n) is 14.4. The maximum atomic E-state index is 13.2. The quantitative estimate of drug-likeness (QED) is 0.106. The molecule has 1 fully saturated rings. The topological polar surface area (TPSA) is 113 Å². The standard InChI is InChI=1S/C30H35F3N2O8S.CH5P.CH4/c1-18-15-24(40-5)22(20-12-14-35(26(18)20)28(37)42-29(2,3)4)17-34-13-8-7-9-23(34)19-10-11-21(27(36)41-6)25(16-19)43-44(38,39)30(31,32)33;1-2;/h10-12,14-16,23H,7-9,13,17H2,1-6H3;2H2,1H3;1H4. The fourth-order valence-corrected chi connectivity index (χ4v) is 5.86. The Hall–Kier alpha value is -3.35. The van der Waals surface area contributed by atoms with Gasteiger partial charge in [-0.25, -0.2) is 9.59 Å². The summed E-state index contributed by atoms with van der Waals surface area (Å²) in [5.41, 5.74) is -4.18. The van der Waals surface area contributed by atoms with Crippen molar-refractivity contribution in [2.45, 2.75) is 78.1 Å². The molecule has 3 aromatic rings. The monoisotopic (exact) mass is 704 g/mol. The number of alkyl halides is 3. The van der Waals surface area contributed by atoms with Crippen LogP contribution < -0.4 is 8.92 Å². The van der Waals surface area contributed by atoms with Gasteiger partial charge in [-0.15, -0.1) is 9.24 Å². The Bertz CT molecular complexity index is 1680. The summed E-state index contributed by atoms with van der Waals surface area (Å²) < 4.78 is 85.1. The van der Waals surface area contributed by atoms with Gasteiger partial charge in [-0.1, -0.05) is 26.6 Å². The van der Waals surface area contributed by atoms with E-state index in [0.29, 0.717) is 36.3 Å². The third kappa shape index (κ3) is 8.97. The normalized spacial score (nSPS) is 15.6. The summed E-state index contributed by atoms with van der Waals surface area (Å²) >= 11 is 0. The summed E-state index contributed by atoms with van der Waals surface area (Å²) in [4.78, 5) is 27.4. The van der Waals surface area contributed by atoms with Gasteiger partial charge in [0.05, 0.1) is 19.7 Å². The number of hydrogen-bond acceptors (Lipinski definition) is 9. The summed E-state index contributed by atoms with van der Waals surface area (Å²) in [6.07, 6.45) is 3.33. The molecule has 0 N–H and O–H groups in total. The molecule has 0 bridgehead atoms. The number of likely N-dealkylation sites (tertiary alicyclic amines) is 1. The highest BCUT2D eigenvalue weighted by Gasteiger charge is 2.49. The van der Waals surface area contributed by atoms with Gasteiger partial charge in [0, 0.05) is 29.7 Å². The first-order valence-corrected chi connectivity index (χ1v) is 17.0. The zero-order valence-corrected chi connectivity index (χ0v) is 28.8. The molecule has 1 aromatic heterocycles. The van der Waals surface area contributed by atoms with Crippen LogP contribution in [-0.2, 0) is 26.1 Å². The van der Waals surface area contributed by atoms with E-state index in [-0.39, 0.29) is 13.5 Å². The second-order valence-electron chi connectivity index (χ2n) is 11.5. The molecule has 47 heavy (non-hydrogen) atoms. The first kappa shape index (κ1) is 39.8. The number of carbonyl (C=O) groups is 2. The van der Waals surface area contributed by atoms with E-state index in [1.165, 1.54) is 10.6 Å². The summed E-state index contributed by atoms with van der Waals surface area (Å²) in [6.45, 7) is 10.0. The second kappa shape index (κ2) is 15.7. The molecule has 15 heteroatoms. The molecule has 2 unspecified atom stereocenters. The van der Waals surface area contributed by atoms with Crippen molar-refractivity contribution in [1.82, 2.24) is 9.47 Å². The Morgan fingerprint density at radius 2 is 1.68 bits per heavy atom. The number of aryl methyl sites for hydroxylation is 1. The maximum absolute atomic E-state index is 13.2. The third-order valence-electron chi connectivity index (χ3n) is 7.29. The van der Waals surface area contributed by atoms with Crippen LogP contribution >= 0.6 is 9.24 Å². The van der Waals surface area contributed by atoms with Crippen molar-refractivity contribution in [3.8, 4) is 11.5 Å². The SMILES string of the molecule is C.COC(=O)c1ccc(C2CCCCN2Cc2c(OC)cc(C)c3c2ccn3C(=O)OC(C)(C)C)cc1OS(=O)(=O)C(F)(F)F.CP. The van der Waals surface area contributed by atoms with Crippen molar-refractivity contribution in [3.05, 3.63) is 58.8 Å². The first-order chi connectivity index (χ1) is 21.5. The lowest BCUT2D eigenvalue weighted by Crippen LogP contribution is -2.33.